The summed E-state index contributed by atoms with van der Waals surface area (Å²) >= 11 is 5.10. The molecule has 2 aromatic rings. The summed E-state index contributed by atoms with van der Waals surface area (Å²) in [4.78, 5) is 0. The molecule has 1 aromatic carbocycles. The smallest absolute Gasteiger partial charge is 0.186 e. The maximum Gasteiger partial charge on any atom is 0.186 e. The van der Waals surface area contributed by atoms with E-state index in [4.69, 9.17) is 12.2 Å². The van der Waals surface area contributed by atoms with Crippen LogP contribution in [0.3, 0.4) is 0 Å². The minimum atomic E-state index is 0.534. The van der Waals surface area contributed by atoms with Crippen LogP contribution in [0.15, 0.2) is 29.4 Å². The van der Waals surface area contributed by atoms with Gasteiger partial charge >= 0.3 is 0 Å². The van der Waals surface area contributed by atoms with Gasteiger partial charge in [-0.1, -0.05) is 17.7 Å². The molecule has 0 amide bonds. The fourth-order valence-corrected chi connectivity index (χ4v) is 2.90. The van der Waals surface area contributed by atoms with E-state index in [9.17, 15) is 0 Å². The lowest BCUT2D eigenvalue weighted by Crippen LogP contribution is -2.31. The molecular weight excluding hydrogens is 304 g/mol. The second-order valence-electron chi connectivity index (χ2n) is 5.68. The monoisotopic (exact) mass is 328 g/mol. The number of aromatic nitrogens is 1. The van der Waals surface area contributed by atoms with Crippen LogP contribution in [-0.4, -0.2) is 22.4 Å². The van der Waals surface area contributed by atoms with Crippen LogP contribution < -0.4 is 10.7 Å². The van der Waals surface area contributed by atoms with Crippen LogP contribution in [0, 0.1) is 27.7 Å². The highest BCUT2D eigenvalue weighted by molar-refractivity contribution is 7.80. The van der Waals surface area contributed by atoms with Crippen molar-refractivity contribution in [1.29, 1.82) is 0 Å². The molecule has 23 heavy (non-hydrogen) atoms. The lowest BCUT2D eigenvalue weighted by atomic mass is 10.1. The number of hydrogen-bond donors (Lipinski definition) is 2. The molecule has 2 N–H and O–H groups in total. The quantitative estimate of drug-likeness (QED) is 0.512. The Kier molecular flexibility index (Phi) is 5.55. The van der Waals surface area contributed by atoms with Gasteiger partial charge in [-0.2, -0.15) is 5.10 Å². The van der Waals surface area contributed by atoms with Crippen molar-refractivity contribution in [2.24, 2.45) is 5.10 Å². The summed E-state index contributed by atoms with van der Waals surface area (Å²) in [5.74, 6) is 0. The lowest BCUT2D eigenvalue weighted by Gasteiger charge is -2.13. The number of nitrogens with one attached hydrogen (secondary N) is 2. The van der Waals surface area contributed by atoms with Crippen molar-refractivity contribution in [1.82, 2.24) is 15.3 Å². The molecule has 0 radical (unpaired) electrons. The van der Waals surface area contributed by atoms with Gasteiger partial charge in [-0.3, -0.25) is 5.43 Å². The molecule has 0 unspecified atom stereocenters. The van der Waals surface area contributed by atoms with E-state index in [1.165, 1.54) is 22.5 Å². The lowest BCUT2D eigenvalue weighted by molar-refractivity contribution is 0.903. The van der Waals surface area contributed by atoms with Gasteiger partial charge in [0.1, 0.15) is 0 Å². The van der Waals surface area contributed by atoms with Crippen molar-refractivity contribution in [2.45, 2.75) is 34.6 Å². The Labute approximate surface area is 143 Å². The van der Waals surface area contributed by atoms with E-state index < -0.39 is 0 Å². The number of aryl methyl sites for hydroxylation is 3. The van der Waals surface area contributed by atoms with E-state index in [-0.39, 0.29) is 0 Å². The number of rotatable bonds is 4. The molecule has 1 heterocycles. The average Bonchev–Trinajstić information content (AvgIpc) is 2.75. The molecule has 0 spiro atoms. The second-order valence-corrected chi connectivity index (χ2v) is 6.09. The molecule has 5 heteroatoms. The Morgan fingerprint density at radius 1 is 1.22 bits per heavy atom. The molecule has 0 atom stereocenters. The van der Waals surface area contributed by atoms with Gasteiger partial charge in [0.15, 0.2) is 5.11 Å². The summed E-state index contributed by atoms with van der Waals surface area (Å²) in [6.45, 7) is 11.3. The topological polar surface area (TPSA) is 41.4 Å². The fraction of sp³-hybridized carbons (Fsp3) is 0.333. The van der Waals surface area contributed by atoms with E-state index in [1.54, 1.807) is 0 Å². The summed E-state index contributed by atoms with van der Waals surface area (Å²) in [6, 6.07) is 8.66. The zero-order valence-corrected chi connectivity index (χ0v) is 15.2. The van der Waals surface area contributed by atoms with E-state index in [0.29, 0.717) is 5.11 Å². The second kappa shape index (κ2) is 7.42. The molecule has 122 valence electrons. The Balaban J connectivity index is 2.29. The van der Waals surface area contributed by atoms with Crippen molar-refractivity contribution in [2.75, 3.05) is 6.54 Å². The third kappa shape index (κ3) is 3.99. The van der Waals surface area contributed by atoms with Crippen molar-refractivity contribution >= 4 is 23.5 Å². The highest BCUT2D eigenvalue weighted by Gasteiger charge is 2.11. The van der Waals surface area contributed by atoms with Gasteiger partial charge in [-0.05, 0) is 64.5 Å². The van der Waals surface area contributed by atoms with E-state index >= 15 is 0 Å². The third-order valence-corrected chi connectivity index (χ3v) is 4.01. The largest absolute Gasteiger partial charge is 0.362 e. The van der Waals surface area contributed by atoms with Gasteiger partial charge in [-0.15, -0.1) is 0 Å². The predicted molar refractivity (Wildman–Crippen MR) is 102 cm³/mol. The molecule has 0 saturated heterocycles. The predicted octanol–water partition coefficient (Wildman–Crippen LogP) is 3.53. The summed E-state index contributed by atoms with van der Waals surface area (Å²) in [5.41, 5.74) is 10.0. The number of nitrogens with zero attached hydrogens (tertiary/aromatic N) is 2. The highest BCUT2D eigenvalue weighted by atomic mass is 32.1. The SMILES string of the molecule is CCNC(=S)N/N=C\c1cc(C)n(-c2ccc(C)cc2C)c1C. The average molecular weight is 328 g/mol. The van der Waals surface area contributed by atoms with Gasteiger partial charge in [0, 0.05) is 29.2 Å². The Bertz CT molecular complexity index is 744. The zero-order chi connectivity index (χ0) is 17.0. The molecular formula is C18H24N4S. The summed E-state index contributed by atoms with van der Waals surface area (Å²) < 4.78 is 2.26. The van der Waals surface area contributed by atoms with Gasteiger partial charge in [0.2, 0.25) is 0 Å². The molecule has 0 bridgehead atoms. The molecule has 0 aliphatic heterocycles. The van der Waals surface area contributed by atoms with Gasteiger partial charge < -0.3 is 9.88 Å². The van der Waals surface area contributed by atoms with Crippen LogP contribution in [0.1, 0.15) is 35.0 Å². The summed E-state index contributed by atoms with van der Waals surface area (Å²) in [6.07, 6.45) is 1.81. The molecule has 0 aliphatic carbocycles. The molecule has 4 nitrogen and oxygen atoms in total. The van der Waals surface area contributed by atoms with Crippen LogP contribution in [0.2, 0.25) is 0 Å². The molecule has 0 aliphatic rings. The maximum atomic E-state index is 5.10. The minimum Gasteiger partial charge on any atom is -0.362 e. The van der Waals surface area contributed by atoms with E-state index in [2.05, 4.69) is 72.4 Å². The van der Waals surface area contributed by atoms with E-state index in [1.807, 2.05) is 13.1 Å². The van der Waals surface area contributed by atoms with Gasteiger partial charge in [-0.25, -0.2) is 0 Å². The van der Waals surface area contributed by atoms with Crippen molar-refractivity contribution in [3.63, 3.8) is 0 Å². The summed E-state index contributed by atoms with van der Waals surface area (Å²) in [5, 5.41) is 7.75. The first-order valence-corrected chi connectivity index (χ1v) is 8.18. The summed E-state index contributed by atoms with van der Waals surface area (Å²) in [7, 11) is 0. The van der Waals surface area contributed by atoms with Gasteiger partial charge in [0.05, 0.1) is 6.21 Å². The maximum absolute atomic E-state index is 5.10. The minimum absolute atomic E-state index is 0.534. The molecule has 0 fully saturated rings. The Morgan fingerprint density at radius 3 is 2.61 bits per heavy atom. The fourth-order valence-electron chi connectivity index (χ4n) is 2.71. The molecule has 1 aromatic heterocycles. The first kappa shape index (κ1) is 17.2. The highest BCUT2D eigenvalue weighted by Crippen LogP contribution is 2.23. The van der Waals surface area contributed by atoms with Gasteiger partial charge in [0.25, 0.3) is 0 Å². The zero-order valence-electron chi connectivity index (χ0n) is 14.4. The normalized spacial score (nSPS) is 11.0. The van der Waals surface area contributed by atoms with Crippen molar-refractivity contribution in [3.05, 3.63) is 52.3 Å². The Hall–Kier alpha value is -2.14. The van der Waals surface area contributed by atoms with Crippen LogP contribution in [0.25, 0.3) is 5.69 Å². The molecule has 0 saturated carbocycles. The third-order valence-electron chi connectivity index (χ3n) is 3.77. The first-order valence-electron chi connectivity index (χ1n) is 7.77. The first-order chi connectivity index (χ1) is 10.9. The molecule has 2 rings (SSSR count). The van der Waals surface area contributed by atoms with Crippen LogP contribution in [-0.2, 0) is 0 Å². The van der Waals surface area contributed by atoms with Crippen molar-refractivity contribution < 1.29 is 0 Å². The van der Waals surface area contributed by atoms with Crippen LogP contribution >= 0.6 is 12.2 Å². The van der Waals surface area contributed by atoms with Crippen LogP contribution in [0.5, 0.6) is 0 Å². The number of hydrogen-bond acceptors (Lipinski definition) is 2. The van der Waals surface area contributed by atoms with E-state index in [0.717, 1.165) is 17.8 Å². The standard InChI is InChI=1S/C18H24N4S/c1-6-19-18(23)21-20-11-16-10-14(4)22(15(16)5)17-8-7-12(2)9-13(17)3/h7-11H,6H2,1-5H3,(H2,19,21,23)/b20-11-. The van der Waals surface area contributed by atoms with Crippen LogP contribution in [0.4, 0.5) is 0 Å². The van der Waals surface area contributed by atoms with Crippen molar-refractivity contribution in [3.8, 4) is 5.69 Å². The number of thiocarbonyl (C=S) groups is 1. The number of hydrazone groups is 1. The Morgan fingerprint density at radius 2 is 1.96 bits per heavy atom. The number of benzene rings is 1.